The van der Waals surface area contributed by atoms with E-state index in [-0.39, 0.29) is 6.54 Å². The summed E-state index contributed by atoms with van der Waals surface area (Å²) < 4.78 is 0. The lowest BCUT2D eigenvalue weighted by Crippen LogP contribution is -2.32. The molecule has 0 aliphatic carbocycles. The highest BCUT2D eigenvalue weighted by Crippen LogP contribution is 2.26. The largest absolute Gasteiger partial charge is 0.308 e. The lowest BCUT2D eigenvalue weighted by Gasteiger charge is -2.05. The van der Waals surface area contributed by atoms with Crippen LogP contribution in [-0.4, -0.2) is 30.5 Å². The monoisotopic (exact) mass is 352 g/mol. The molecule has 3 rings (SSSR count). The van der Waals surface area contributed by atoms with Gasteiger partial charge in [0.25, 0.3) is 5.91 Å². The van der Waals surface area contributed by atoms with Gasteiger partial charge in [0.1, 0.15) is 0 Å². The summed E-state index contributed by atoms with van der Waals surface area (Å²) in [5.74, 6) is -0.392. The molecule has 0 heterocycles. The molecule has 5 nitrogen and oxygen atoms in total. The standard InChI is InChI=1S/C15H10O.C6H14N2O2/c16-10-15-13-7-3-1-5-11(13)9-12-6-2-4-8-14(12)15;1-2-3-4-7-5-6(9)8-10/h1-10H;7,10H,2-5H2,1H3,(H,8,9). The van der Waals surface area contributed by atoms with Crippen molar-refractivity contribution in [1.82, 2.24) is 10.8 Å². The average molecular weight is 352 g/mol. The topological polar surface area (TPSA) is 78.4 Å². The number of hydrogen-bond acceptors (Lipinski definition) is 4. The Labute approximate surface area is 153 Å². The summed E-state index contributed by atoms with van der Waals surface area (Å²) in [6.45, 7) is 3.09. The molecular weight excluding hydrogens is 328 g/mol. The molecule has 0 radical (unpaired) electrons. The predicted molar refractivity (Wildman–Crippen MR) is 105 cm³/mol. The van der Waals surface area contributed by atoms with Crippen LogP contribution in [0.1, 0.15) is 30.1 Å². The number of carbonyl (C=O) groups is 2. The first kappa shape index (κ1) is 19.6. The third kappa shape index (κ3) is 5.12. The van der Waals surface area contributed by atoms with Crippen molar-refractivity contribution >= 4 is 33.7 Å². The second-order valence-electron chi connectivity index (χ2n) is 5.92. The lowest BCUT2D eigenvalue weighted by molar-refractivity contribution is -0.128. The van der Waals surface area contributed by atoms with Crippen LogP contribution >= 0.6 is 0 Å². The molecule has 0 aromatic heterocycles. The van der Waals surface area contributed by atoms with E-state index in [0.29, 0.717) is 0 Å². The maximum Gasteiger partial charge on any atom is 0.257 e. The number of rotatable bonds is 6. The number of aldehydes is 1. The molecule has 0 aliphatic heterocycles. The summed E-state index contributed by atoms with van der Waals surface area (Å²) in [4.78, 5) is 21.6. The van der Waals surface area contributed by atoms with Gasteiger partial charge in [-0.25, -0.2) is 5.48 Å². The molecule has 0 fully saturated rings. The molecule has 0 spiro atoms. The molecule has 1 amide bonds. The van der Waals surface area contributed by atoms with Gasteiger partial charge in [-0.3, -0.25) is 14.8 Å². The fraction of sp³-hybridized carbons (Fsp3) is 0.238. The van der Waals surface area contributed by atoms with Crippen molar-refractivity contribution in [1.29, 1.82) is 0 Å². The molecule has 3 aromatic carbocycles. The minimum atomic E-state index is -0.392. The van der Waals surface area contributed by atoms with E-state index in [4.69, 9.17) is 5.21 Å². The van der Waals surface area contributed by atoms with Gasteiger partial charge < -0.3 is 5.32 Å². The third-order valence-electron chi connectivity index (χ3n) is 4.05. The van der Waals surface area contributed by atoms with Crippen molar-refractivity contribution in [3.63, 3.8) is 0 Å². The maximum absolute atomic E-state index is 11.2. The summed E-state index contributed by atoms with van der Waals surface area (Å²) in [5, 5.41) is 15.2. The van der Waals surface area contributed by atoms with Crippen molar-refractivity contribution in [3.05, 3.63) is 60.2 Å². The van der Waals surface area contributed by atoms with E-state index in [2.05, 4.69) is 18.3 Å². The molecule has 0 saturated carbocycles. The predicted octanol–water partition coefficient (Wildman–Crippen LogP) is 3.69. The Balaban J connectivity index is 0.000000213. The van der Waals surface area contributed by atoms with Gasteiger partial charge in [0.05, 0.1) is 6.54 Å². The molecule has 3 N–H and O–H groups in total. The lowest BCUT2D eigenvalue weighted by atomic mass is 9.98. The van der Waals surface area contributed by atoms with Crippen LogP contribution in [0.15, 0.2) is 54.6 Å². The van der Waals surface area contributed by atoms with E-state index < -0.39 is 5.91 Å². The van der Waals surface area contributed by atoms with Gasteiger partial charge >= 0.3 is 0 Å². The van der Waals surface area contributed by atoms with Crippen LogP contribution in [0.2, 0.25) is 0 Å². The fourth-order valence-corrected chi connectivity index (χ4v) is 2.72. The van der Waals surface area contributed by atoms with Crippen molar-refractivity contribution in [2.24, 2.45) is 0 Å². The van der Waals surface area contributed by atoms with Gasteiger partial charge in [-0.1, -0.05) is 61.9 Å². The van der Waals surface area contributed by atoms with E-state index in [1.807, 2.05) is 48.5 Å². The van der Waals surface area contributed by atoms with Crippen molar-refractivity contribution in [2.75, 3.05) is 13.1 Å². The highest BCUT2D eigenvalue weighted by Gasteiger charge is 2.05. The number of carbonyl (C=O) groups excluding carboxylic acids is 2. The summed E-state index contributed by atoms with van der Waals surface area (Å²) in [6.07, 6.45) is 3.11. The minimum Gasteiger partial charge on any atom is -0.308 e. The maximum atomic E-state index is 11.2. The molecule has 26 heavy (non-hydrogen) atoms. The van der Waals surface area contributed by atoms with Crippen LogP contribution in [0.5, 0.6) is 0 Å². The van der Waals surface area contributed by atoms with Crippen molar-refractivity contribution < 1.29 is 14.8 Å². The zero-order chi connectivity index (χ0) is 18.8. The van der Waals surface area contributed by atoms with Crippen molar-refractivity contribution in [3.8, 4) is 0 Å². The Kier molecular flexibility index (Phi) is 7.74. The van der Waals surface area contributed by atoms with Crippen LogP contribution in [0.25, 0.3) is 21.5 Å². The van der Waals surface area contributed by atoms with Gasteiger partial charge in [-0.15, -0.1) is 0 Å². The number of hydrogen-bond donors (Lipinski definition) is 3. The molecule has 136 valence electrons. The molecule has 5 heteroatoms. The molecule has 0 unspecified atom stereocenters. The van der Waals surface area contributed by atoms with E-state index >= 15 is 0 Å². The Bertz CT molecular complexity index is 823. The third-order valence-corrected chi connectivity index (χ3v) is 4.05. The van der Waals surface area contributed by atoms with Gasteiger partial charge in [0.15, 0.2) is 6.29 Å². The Hall–Kier alpha value is -2.76. The van der Waals surface area contributed by atoms with Crippen LogP contribution in [0, 0.1) is 0 Å². The van der Waals surface area contributed by atoms with Crippen LogP contribution in [0.3, 0.4) is 0 Å². The zero-order valence-corrected chi connectivity index (χ0v) is 14.9. The normalized spacial score (nSPS) is 10.2. The van der Waals surface area contributed by atoms with Gasteiger partial charge in [-0.2, -0.15) is 0 Å². The Morgan fingerprint density at radius 1 is 1.04 bits per heavy atom. The fourth-order valence-electron chi connectivity index (χ4n) is 2.72. The zero-order valence-electron chi connectivity index (χ0n) is 14.9. The summed E-state index contributed by atoms with van der Waals surface area (Å²) in [7, 11) is 0. The molecule has 3 aromatic rings. The van der Waals surface area contributed by atoms with Gasteiger partial charge in [0.2, 0.25) is 0 Å². The number of unbranched alkanes of at least 4 members (excludes halogenated alkanes) is 1. The first-order valence-corrected chi connectivity index (χ1v) is 8.70. The minimum absolute atomic E-state index is 0.191. The van der Waals surface area contributed by atoms with E-state index in [9.17, 15) is 9.59 Å². The number of hydroxylamine groups is 1. The van der Waals surface area contributed by atoms with Crippen LogP contribution < -0.4 is 10.8 Å². The Morgan fingerprint density at radius 3 is 2.12 bits per heavy atom. The SMILES string of the molecule is CCCCNCC(=O)NO.O=Cc1c2ccccc2cc2ccccc12. The number of amides is 1. The second kappa shape index (κ2) is 10.3. The first-order valence-electron chi connectivity index (χ1n) is 8.70. The average Bonchev–Trinajstić information content (AvgIpc) is 2.69. The first-order chi connectivity index (χ1) is 12.7. The van der Waals surface area contributed by atoms with Crippen molar-refractivity contribution in [2.45, 2.75) is 19.8 Å². The molecule has 0 saturated heterocycles. The summed E-state index contributed by atoms with van der Waals surface area (Å²) in [5.41, 5.74) is 2.33. The van der Waals surface area contributed by atoms with Gasteiger partial charge in [-0.05, 0) is 40.6 Å². The van der Waals surface area contributed by atoms with Crippen LogP contribution in [0.4, 0.5) is 0 Å². The summed E-state index contributed by atoms with van der Waals surface area (Å²) >= 11 is 0. The second-order valence-corrected chi connectivity index (χ2v) is 5.92. The molecule has 0 atom stereocenters. The number of benzene rings is 3. The number of fused-ring (bicyclic) bond motifs is 2. The summed E-state index contributed by atoms with van der Waals surface area (Å²) in [6, 6.07) is 18.1. The van der Waals surface area contributed by atoms with Gasteiger partial charge in [0, 0.05) is 5.56 Å². The molecular formula is C21H24N2O3. The van der Waals surface area contributed by atoms with E-state index in [1.54, 1.807) is 5.48 Å². The number of nitrogens with one attached hydrogen (secondary N) is 2. The molecule has 0 bridgehead atoms. The smallest absolute Gasteiger partial charge is 0.257 e. The Morgan fingerprint density at radius 2 is 1.62 bits per heavy atom. The molecule has 0 aliphatic rings. The highest BCUT2D eigenvalue weighted by atomic mass is 16.5. The quantitative estimate of drug-likeness (QED) is 0.208. The van der Waals surface area contributed by atoms with E-state index in [1.165, 1.54) is 0 Å². The van der Waals surface area contributed by atoms with Crippen LogP contribution in [-0.2, 0) is 4.79 Å². The van der Waals surface area contributed by atoms with E-state index in [0.717, 1.165) is 52.8 Å². The highest BCUT2D eigenvalue weighted by molar-refractivity contribution is 6.12.